The van der Waals surface area contributed by atoms with Gasteiger partial charge in [-0.25, -0.2) is 0 Å². The quantitative estimate of drug-likeness (QED) is 0.333. The molecule has 0 spiro atoms. The summed E-state index contributed by atoms with van der Waals surface area (Å²) in [7, 11) is 0. The smallest absolute Gasteiger partial charge is 0.255 e. The maximum absolute atomic E-state index is 12.9. The van der Waals surface area contributed by atoms with E-state index in [-0.39, 0.29) is 11.3 Å². The zero-order valence-electron chi connectivity index (χ0n) is 25.4. The van der Waals surface area contributed by atoms with Crippen LogP contribution in [0, 0.1) is 11.8 Å². The molecule has 1 aliphatic heterocycles. The molecule has 1 aliphatic rings. The fraction of sp³-hybridized carbons (Fsp3) is 0.588. The van der Waals surface area contributed by atoms with E-state index in [2.05, 4.69) is 75.7 Å². The Morgan fingerprint density at radius 1 is 1.03 bits per heavy atom. The average molecular weight is 534 g/mol. The summed E-state index contributed by atoms with van der Waals surface area (Å²) >= 11 is 0. The summed E-state index contributed by atoms with van der Waals surface area (Å²) in [6, 6.07) is 16.6. The Hall–Kier alpha value is -2.66. The Balaban J connectivity index is 1.56. The van der Waals surface area contributed by atoms with Crippen molar-refractivity contribution in [3.8, 4) is 0 Å². The van der Waals surface area contributed by atoms with Gasteiger partial charge in [-0.15, -0.1) is 0 Å². The Bertz CT molecular complexity index is 1060. The minimum absolute atomic E-state index is 0.0650. The van der Waals surface area contributed by atoms with E-state index in [0.29, 0.717) is 35.8 Å². The lowest BCUT2D eigenvalue weighted by atomic mass is 9.87. The van der Waals surface area contributed by atoms with Crippen LogP contribution in [0.4, 0.5) is 5.69 Å². The molecule has 3 rings (SSSR count). The lowest BCUT2D eigenvalue weighted by molar-refractivity contribution is -0.133. The monoisotopic (exact) mass is 533 g/mol. The van der Waals surface area contributed by atoms with Gasteiger partial charge in [0.1, 0.15) is 0 Å². The van der Waals surface area contributed by atoms with E-state index < -0.39 is 0 Å². The van der Waals surface area contributed by atoms with Gasteiger partial charge < -0.3 is 15.1 Å². The fourth-order valence-electron chi connectivity index (χ4n) is 5.52. The maximum atomic E-state index is 12.9. The molecule has 1 heterocycles. The van der Waals surface area contributed by atoms with Crippen molar-refractivity contribution in [1.29, 1.82) is 0 Å². The van der Waals surface area contributed by atoms with Gasteiger partial charge in [-0.3, -0.25) is 9.59 Å². The number of rotatable bonds is 11. The maximum Gasteiger partial charge on any atom is 0.255 e. The van der Waals surface area contributed by atoms with Crippen molar-refractivity contribution >= 4 is 17.5 Å². The number of carbonyl (C=O) groups is 2. The highest BCUT2D eigenvalue weighted by Gasteiger charge is 2.26. The molecule has 0 radical (unpaired) electrons. The molecule has 2 aromatic rings. The molecule has 2 aromatic carbocycles. The number of benzene rings is 2. The van der Waals surface area contributed by atoms with E-state index in [1.807, 2.05) is 36.4 Å². The SMILES string of the molecule is CCCN(CC1CCN(C(=O)CC(C)C)CC1)C(C)Cc1cccc(NC(=O)c2ccc(C(C)(C)C)cc2)c1. The van der Waals surface area contributed by atoms with E-state index in [1.165, 1.54) is 11.1 Å². The number of amides is 2. The zero-order valence-corrected chi connectivity index (χ0v) is 25.4. The van der Waals surface area contributed by atoms with Gasteiger partial charge in [0.15, 0.2) is 0 Å². The number of hydrogen-bond donors (Lipinski definition) is 1. The molecule has 0 saturated carbocycles. The molecule has 1 saturated heterocycles. The molecule has 214 valence electrons. The first-order chi connectivity index (χ1) is 18.5. The number of piperidine rings is 1. The van der Waals surface area contributed by atoms with Gasteiger partial charge in [0.2, 0.25) is 5.91 Å². The molecule has 1 unspecified atom stereocenters. The molecule has 1 fully saturated rings. The van der Waals surface area contributed by atoms with E-state index in [1.54, 1.807) is 0 Å². The van der Waals surface area contributed by atoms with Crippen LogP contribution in [0.15, 0.2) is 48.5 Å². The number of anilines is 1. The van der Waals surface area contributed by atoms with Gasteiger partial charge in [0, 0.05) is 43.3 Å². The van der Waals surface area contributed by atoms with Crippen LogP contribution in [0.3, 0.4) is 0 Å². The van der Waals surface area contributed by atoms with Crippen LogP contribution in [-0.4, -0.2) is 53.8 Å². The summed E-state index contributed by atoms with van der Waals surface area (Å²) < 4.78 is 0. The Kier molecular flexibility index (Phi) is 11.2. The predicted octanol–water partition coefficient (Wildman–Crippen LogP) is 7.16. The molecule has 2 amide bonds. The number of nitrogens with one attached hydrogen (secondary N) is 1. The second-order valence-corrected chi connectivity index (χ2v) is 13.0. The van der Waals surface area contributed by atoms with Crippen LogP contribution in [0.2, 0.25) is 0 Å². The molecule has 0 aromatic heterocycles. The highest BCUT2D eigenvalue weighted by Crippen LogP contribution is 2.24. The predicted molar refractivity (Wildman–Crippen MR) is 163 cm³/mol. The fourth-order valence-corrected chi connectivity index (χ4v) is 5.52. The number of carbonyl (C=O) groups excluding carboxylic acids is 2. The largest absolute Gasteiger partial charge is 0.343 e. The number of hydrogen-bond acceptors (Lipinski definition) is 3. The summed E-state index contributed by atoms with van der Waals surface area (Å²) in [6.45, 7) is 19.3. The molecule has 39 heavy (non-hydrogen) atoms. The third-order valence-electron chi connectivity index (χ3n) is 7.91. The van der Waals surface area contributed by atoms with Crippen molar-refractivity contribution in [3.05, 3.63) is 65.2 Å². The summed E-state index contributed by atoms with van der Waals surface area (Å²) in [5.41, 5.74) is 4.03. The number of nitrogens with zero attached hydrogens (tertiary/aromatic N) is 2. The minimum atomic E-state index is -0.0773. The molecule has 5 heteroatoms. The van der Waals surface area contributed by atoms with E-state index in [9.17, 15) is 9.59 Å². The number of likely N-dealkylation sites (tertiary alicyclic amines) is 1. The van der Waals surface area contributed by atoms with Crippen LogP contribution >= 0.6 is 0 Å². The van der Waals surface area contributed by atoms with Crippen molar-refractivity contribution in [2.24, 2.45) is 11.8 Å². The van der Waals surface area contributed by atoms with Crippen molar-refractivity contribution in [2.45, 2.75) is 92.0 Å². The third-order valence-corrected chi connectivity index (χ3v) is 7.91. The van der Waals surface area contributed by atoms with Gasteiger partial charge in [-0.05, 0) is 91.8 Å². The van der Waals surface area contributed by atoms with Crippen LogP contribution in [0.1, 0.15) is 95.6 Å². The zero-order chi connectivity index (χ0) is 28.6. The second kappa shape index (κ2) is 14.1. The first-order valence-corrected chi connectivity index (χ1v) is 15.0. The molecule has 0 aliphatic carbocycles. The lowest BCUT2D eigenvalue weighted by Crippen LogP contribution is -2.44. The molecule has 1 N–H and O–H groups in total. The van der Waals surface area contributed by atoms with E-state index in [0.717, 1.165) is 57.5 Å². The molecular formula is C34H51N3O2. The first kappa shape index (κ1) is 30.9. The second-order valence-electron chi connectivity index (χ2n) is 13.0. The minimum Gasteiger partial charge on any atom is -0.343 e. The van der Waals surface area contributed by atoms with Gasteiger partial charge in [0.25, 0.3) is 5.91 Å². The summed E-state index contributed by atoms with van der Waals surface area (Å²) in [5.74, 6) is 1.29. The molecule has 5 nitrogen and oxygen atoms in total. The standard InChI is InChI=1S/C34H51N3O2/c1-8-18-37(24-27-16-19-36(20-17-27)32(38)21-25(2)3)26(4)22-28-10-9-11-31(23-28)35-33(39)29-12-14-30(15-13-29)34(5,6)7/h9-15,23,25-27H,8,16-22,24H2,1-7H3,(H,35,39). The Morgan fingerprint density at radius 3 is 2.28 bits per heavy atom. The van der Waals surface area contributed by atoms with Gasteiger partial charge >= 0.3 is 0 Å². The summed E-state index contributed by atoms with van der Waals surface area (Å²) in [4.78, 5) is 30.1. The molecular weight excluding hydrogens is 482 g/mol. The molecule has 1 atom stereocenters. The summed E-state index contributed by atoms with van der Waals surface area (Å²) in [6.07, 6.45) is 4.91. The van der Waals surface area contributed by atoms with E-state index in [4.69, 9.17) is 0 Å². The van der Waals surface area contributed by atoms with Crippen LogP contribution in [0.5, 0.6) is 0 Å². The van der Waals surface area contributed by atoms with Crippen LogP contribution < -0.4 is 5.32 Å². The Labute approximate surface area is 237 Å². The van der Waals surface area contributed by atoms with Crippen molar-refractivity contribution in [3.63, 3.8) is 0 Å². The first-order valence-electron chi connectivity index (χ1n) is 15.0. The normalized spacial score (nSPS) is 15.6. The van der Waals surface area contributed by atoms with Gasteiger partial charge in [-0.2, -0.15) is 0 Å². The average Bonchev–Trinajstić information content (AvgIpc) is 2.88. The Morgan fingerprint density at radius 2 is 1.69 bits per heavy atom. The van der Waals surface area contributed by atoms with Crippen molar-refractivity contribution in [1.82, 2.24) is 9.80 Å². The van der Waals surface area contributed by atoms with E-state index >= 15 is 0 Å². The van der Waals surface area contributed by atoms with Gasteiger partial charge in [0.05, 0.1) is 0 Å². The van der Waals surface area contributed by atoms with Crippen LogP contribution in [-0.2, 0) is 16.6 Å². The third kappa shape index (κ3) is 9.49. The van der Waals surface area contributed by atoms with Crippen LogP contribution in [0.25, 0.3) is 0 Å². The van der Waals surface area contributed by atoms with Crippen molar-refractivity contribution in [2.75, 3.05) is 31.5 Å². The highest BCUT2D eigenvalue weighted by atomic mass is 16.2. The lowest BCUT2D eigenvalue weighted by Gasteiger charge is -2.37. The topological polar surface area (TPSA) is 52.6 Å². The molecule has 0 bridgehead atoms. The highest BCUT2D eigenvalue weighted by molar-refractivity contribution is 6.04. The van der Waals surface area contributed by atoms with Crippen molar-refractivity contribution < 1.29 is 9.59 Å². The summed E-state index contributed by atoms with van der Waals surface area (Å²) in [5, 5.41) is 3.09. The van der Waals surface area contributed by atoms with Gasteiger partial charge in [-0.1, -0.05) is 65.8 Å².